The number of hydrogen-bond acceptors (Lipinski definition) is 3. The Morgan fingerprint density at radius 3 is 2.53 bits per heavy atom. The van der Waals surface area contributed by atoms with Gasteiger partial charge >= 0.3 is 0 Å². The van der Waals surface area contributed by atoms with Crippen LogP contribution in [0.2, 0.25) is 10.4 Å². The first kappa shape index (κ1) is 13.7. The summed E-state index contributed by atoms with van der Waals surface area (Å²) in [6.07, 6.45) is 0.0967. The topological polar surface area (TPSA) is 54.9 Å². The van der Waals surface area contributed by atoms with E-state index in [4.69, 9.17) is 23.2 Å². The molecule has 0 aliphatic rings. The molecule has 1 heterocycles. The Bertz CT molecular complexity index is 584. The summed E-state index contributed by atoms with van der Waals surface area (Å²) in [5.41, 5.74) is 0.685. The van der Waals surface area contributed by atoms with Crippen LogP contribution >= 0.6 is 23.2 Å². The summed E-state index contributed by atoms with van der Waals surface area (Å²) in [5.74, 6) is -0.437. The van der Waals surface area contributed by atoms with Crippen molar-refractivity contribution in [2.45, 2.75) is 6.42 Å². The molecule has 0 saturated heterocycles. The smallest absolute Gasteiger partial charge is 0.229 e. The van der Waals surface area contributed by atoms with Gasteiger partial charge in [0, 0.05) is 6.07 Å². The first-order chi connectivity index (χ1) is 9.02. The number of nitrogens with one attached hydrogen (secondary N) is 1. The minimum absolute atomic E-state index is 0.0513. The van der Waals surface area contributed by atoms with E-state index in [9.17, 15) is 9.18 Å². The van der Waals surface area contributed by atoms with Crippen LogP contribution in [-0.2, 0) is 11.2 Å². The lowest BCUT2D eigenvalue weighted by Gasteiger charge is -2.05. The van der Waals surface area contributed by atoms with E-state index in [0.717, 1.165) is 0 Å². The number of anilines is 1. The van der Waals surface area contributed by atoms with E-state index in [1.165, 1.54) is 30.3 Å². The molecule has 2 aromatic rings. The number of rotatable bonds is 3. The number of halogens is 3. The largest absolute Gasteiger partial charge is 0.310 e. The molecule has 0 fully saturated rings. The van der Waals surface area contributed by atoms with Crippen LogP contribution in [-0.4, -0.2) is 15.9 Å². The average Bonchev–Trinajstić information content (AvgIpc) is 2.30. The van der Waals surface area contributed by atoms with Gasteiger partial charge in [0.15, 0.2) is 0 Å². The molecule has 0 unspecified atom stereocenters. The average molecular weight is 300 g/mol. The Morgan fingerprint density at radius 1 is 1.21 bits per heavy atom. The van der Waals surface area contributed by atoms with Gasteiger partial charge in [-0.15, -0.1) is 0 Å². The van der Waals surface area contributed by atoms with E-state index in [0.29, 0.717) is 5.56 Å². The van der Waals surface area contributed by atoms with Crippen molar-refractivity contribution in [3.05, 3.63) is 52.1 Å². The Kier molecular flexibility index (Phi) is 4.29. The first-order valence-corrected chi connectivity index (χ1v) is 6.03. The summed E-state index contributed by atoms with van der Waals surface area (Å²) >= 11 is 11.3. The number of hydrogen-bond donors (Lipinski definition) is 1. The molecule has 2 rings (SSSR count). The molecule has 1 N–H and O–H groups in total. The Balaban J connectivity index is 2.03. The number of aromatic nitrogens is 2. The second-order valence-electron chi connectivity index (χ2n) is 3.70. The highest BCUT2D eigenvalue weighted by Gasteiger charge is 2.07. The monoisotopic (exact) mass is 299 g/mol. The van der Waals surface area contributed by atoms with Crippen LogP contribution in [0.4, 0.5) is 10.2 Å². The quantitative estimate of drug-likeness (QED) is 0.700. The summed E-state index contributed by atoms with van der Waals surface area (Å²) in [4.78, 5) is 19.2. The number of carbonyl (C=O) groups is 1. The molecule has 19 heavy (non-hydrogen) atoms. The molecule has 4 nitrogen and oxygen atoms in total. The molecule has 0 spiro atoms. The third-order valence-corrected chi connectivity index (χ3v) is 2.58. The zero-order chi connectivity index (χ0) is 13.8. The van der Waals surface area contributed by atoms with E-state index in [-0.39, 0.29) is 34.4 Å². The van der Waals surface area contributed by atoms with Crippen molar-refractivity contribution in [2.24, 2.45) is 0 Å². The highest BCUT2D eigenvalue weighted by atomic mass is 35.5. The molecule has 98 valence electrons. The predicted octanol–water partition coefficient (Wildman–Crippen LogP) is 3.10. The molecule has 1 aromatic heterocycles. The Labute approximate surface area is 118 Å². The lowest BCUT2D eigenvalue weighted by atomic mass is 10.1. The van der Waals surface area contributed by atoms with Gasteiger partial charge in [0.2, 0.25) is 11.2 Å². The van der Waals surface area contributed by atoms with Gasteiger partial charge in [0.05, 0.1) is 6.42 Å². The SMILES string of the molecule is O=C(Cc1ccc(F)cc1)Nc1cc(Cl)nc(Cl)n1. The Morgan fingerprint density at radius 2 is 1.89 bits per heavy atom. The minimum Gasteiger partial charge on any atom is -0.310 e. The van der Waals surface area contributed by atoms with Gasteiger partial charge in [-0.2, -0.15) is 0 Å². The lowest BCUT2D eigenvalue weighted by Crippen LogP contribution is -2.15. The van der Waals surface area contributed by atoms with Crippen LogP contribution in [0, 0.1) is 5.82 Å². The predicted molar refractivity (Wildman–Crippen MR) is 70.8 cm³/mol. The minimum atomic E-state index is -0.349. The zero-order valence-electron chi connectivity index (χ0n) is 9.53. The summed E-state index contributed by atoms with van der Waals surface area (Å²) in [7, 11) is 0. The van der Waals surface area contributed by atoms with Crippen LogP contribution < -0.4 is 5.32 Å². The fourth-order valence-corrected chi connectivity index (χ4v) is 1.84. The fourth-order valence-electron chi connectivity index (χ4n) is 1.43. The number of carbonyl (C=O) groups excluding carboxylic acids is 1. The van der Waals surface area contributed by atoms with Gasteiger partial charge < -0.3 is 5.32 Å². The maximum atomic E-state index is 12.7. The van der Waals surface area contributed by atoms with Crippen molar-refractivity contribution in [1.29, 1.82) is 0 Å². The van der Waals surface area contributed by atoms with Crippen LogP contribution in [0.1, 0.15) is 5.56 Å². The molecule has 7 heteroatoms. The van der Waals surface area contributed by atoms with Gasteiger partial charge in [-0.05, 0) is 29.3 Å². The van der Waals surface area contributed by atoms with E-state index < -0.39 is 0 Å². The van der Waals surface area contributed by atoms with Crippen LogP contribution in [0.15, 0.2) is 30.3 Å². The number of nitrogens with zero attached hydrogens (tertiary/aromatic N) is 2. The van der Waals surface area contributed by atoms with Gasteiger partial charge in [-0.3, -0.25) is 4.79 Å². The highest BCUT2D eigenvalue weighted by Crippen LogP contribution is 2.14. The standard InChI is InChI=1S/C12H8Cl2FN3O/c13-9-6-10(18-12(14)16-9)17-11(19)5-7-1-3-8(15)4-2-7/h1-4,6H,5H2,(H,16,17,18,19). The molecule has 0 radical (unpaired) electrons. The van der Waals surface area contributed by atoms with Gasteiger partial charge in [0.25, 0.3) is 0 Å². The molecule has 1 amide bonds. The maximum absolute atomic E-state index is 12.7. The molecule has 0 bridgehead atoms. The van der Waals surface area contributed by atoms with E-state index >= 15 is 0 Å². The molecule has 0 aliphatic heterocycles. The van der Waals surface area contributed by atoms with Crippen molar-refractivity contribution < 1.29 is 9.18 Å². The summed E-state index contributed by atoms with van der Waals surface area (Å²) in [5, 5.41) is 2.62. The van der Waals surface area contributed by atoms with Gasteiger partial charge in [0.1, 0.15) is 16.8 Å². The van der Waals surface area contributed by atoms with Gasteiger partial charge in [-0.25, -0.2) is 14.4 Å². The Hall–Kier alpha value is -1.72. The number of amides is 1. The van der Waals surface area contributed by atoms with Crippen molar-refractivity contribution in [1.82, 2.24) is 9.97 Å². The number of benzene rings is 1. The van der Waals surface area contributed by atoms with Crippen molar-refractivity contribution in [3.8, 4) is 0 Å². The van der Waals surface area contributed by atoms with Crippen LogP contribution in [0.25, 0.3) is 0 Å². The maximum Gasteiger partial charge on any atom is 0.229 e. The van der Waals surface area contributed by atoms with E-state index in [2.05, 4.69) is 15.3 Å². The summed E-state index contributed by atoms with van der Waals surface area (Å²) in [6.45, 7) is 0. The summed E-state index contributed by atoms with van der Waals surface area (Å²) < 4.78 is 12.7. The molecule has 1 aromatic carbocycles. The second kappa shape index (κ2) is 5.95. The third-order valence-electron chi connectivity index (χ3n) is 2.21. The normalized spacial score (nSPS) is 10.3. The van der Waals surface area contributed by atoms with Crippen molar-refractivity contribution in [2.75, 3.05) is 5.32 Å². The van der Waals surface area contributed by atoms with Crippen LogP contribution in [0.5, 0.6) is 0 Å². The molecule has 0 aliphatic carbocycles. The zero-order valence-corrected chi connectivity index (χ0v) is 11.0. The summed E-state index contributed by atoms with van der Waals surface area (Å²) in [6, 6.07) is 7.04. The lowest BCUT2D eigenvalue weighted by molar-refractivity contribution is -0.115. The molecular weight excluding hydrogens is 292 g/mol. The fraction of sp³-hybridized carbons (Fsp3) is 0.0833. The second-order valence-corrected chi connectivity index (χ2v) is 4.42. The first-order valence-electron chi connectivity index (χ1n) is 5.27. The van der Waals surface area contributed by atoms with Crippen molar-refractivity contribution >= 4 is 34.9 Å². The molecule has 0 saturated carbocycles. The van der Waals surface area contributed by atoms with Gasteiger partial charge in [-0.1, -0.05) is 23.7 Å². The molecule has 0 atom stereocenters. The van der Waals surface area contributed by atoms with Crippen LogP contribution in [0.3, 0.4) is 0 Å². The highest BCUT2D eigenvalue weighted by molar-refractivity contribution is 6.32. The van der Waals surface area contributed by atoms with Crippen molar-refractivity contribution in [3.63, 3.8) is 0 Å². The molecular formula is C12H8Cl2FN3O. The third kappa shape index (κ3) is 4.15. The van der Waals surface area contributed by atoms with E-state index in [1.807, 2.05) is 0 Å². The van der Waals surface area contributed by atoms with E-state index in [1.54, 1.807) is 0 Å².